The van der Waals surface area contributed by atoms with Gasteiger partial charge in [-0.25, -0.2) is 4.79 Å². The number of hydrogen-bond acceptors (Lipinski definition) is 3. The number of carbonyl (C=O) groups is 1. The fourth-order valence-electron chi connectivity index (χ4n) is 1.98. The Hall–Kier alpha value is -0.770. The van der Waals surface area contributed by atoms with Gasteiger partial charge in [-0.05, 0) is 53.9 Å². The molecule has 1 aliphatic rings. The summed E-state index contributed by atoms with van der Waals surface area (Å²) >= 11 is 0. The Morgan fingerprint density at radius 1 is 1.17 bits per heavy atom. The highest BCUT2D eigenvalue weighted by atomic mass is 16.6. The summed E-state index contributed by atoms with van der Waals surface area (Å²) in [5, 5.41) is 6.51. The topological polar surface area (TPSA) is 50.4 Å². The molecule has 1 rings (SSSR count). The van der Waals surface area contributed by atoms with Gasteiger partial charge in [0.15, 0.2) is 0 Å². The fraction of sp³-hybridized carbons (Fsp3) is 0.929. The summed E-state index contributed by atoms with van der Waals surface area (Å²) in [6.07, 6.45) is 2.78. The first-order chi connectivity index (χ1) is 8.11. The second-order valence-electron chi connectivity index (χ2n) is 6.89. The van der Waals surface area contributed by atoms with E-state index in [4.69, 9.17) is 4.74 Å². The van der Waals surface area contributed by atoms with Gasteiger partial charge in [0.1, 0.15) is 5.60 Å². The Bertz CT molecular complexity index is 289. The van der Waals surface area contributed by atoms with Crippen molar-refractivity contribution < 1.29 is 9.53 Å². The van der Waals surface area contributed by atoms with Crippen LogP contribution in [0.15, 0.2) is 0 Å². The van der Waals surface area contributed by atoms with Crippen LogP contribution in [0.3, 0.4) is 0 Å². The van der Waals surface area contributed by atoms with Gasteiger partial charge in [0.25, 0.3) is 0 Å². The maximum absolute atomic E-state index is 11.6. The van der Waals surface area contributed by atoms with Crippen LogP contribution in [0, 0.1) is 0 Å². The molecular formula is C14H28N2O2. The van der Waals surface area contributed by atoms with E-state index in [0.717, 1.165) is 19.3 Å². The van der Waals surface area contributed by atoms with Gasteiger partial charge in [-0.15, -0.1) is 0 Å². The second-order valence-corrected chi connectivity index (χ2v) is 6.89. The molecule has 0 aromatic carbocycles. The van der Waals surface area contributed by atoms with E-state index in [1.54, 1.807) is 0 Å². The second kappa shape index (κ2) is 5.47. The Morgan fingerprint density at radius 3 is 2.17 bits per heavy atom. The lowest BCUT2D eigenvalue weighted by Gasteiger charge is -2.41. The molecule has 0 saturated heterocycles. The molecule has 0 aliphatic heterocycles. The van der Waals surface area contributed by atoms with Crippen molar-refractivity contribution in [2.45, 2.75) is 84.0 Å². The third-order valence-electron chi connectivity index (χ3n) is 3.34. The first-order valence-corrected chi connectivity index (χ1v) is 6.88. The molecule has 0 atom stereocenters. The normalized spacial score (nSPS) is 24.3. The third kappa shape index (κ3) is 5.25. The van der Waals surface area contributed by atoms with Crippen molar-refractivity contribution in [3.63, 3.8) is 0 Å². The highest BCUT2D eigenvalue weighted by Gasteiger charge is 2.34. The maximum atomic E-state index is 11.6. The van der Waals surface area contributed by atoms with Gasteiger partial charge >= 0.3 is 6.09 Å². The highest BCUT2D eigenvalue weighted by molar-refractivity contribution is 5.68. The molecule has 0 aromatic rings. The summed E-state index contributed by atoms with van der Waals surface area (Å²) in [4.78, 5) is 11.6. The zero-order valence-electron chi connectivity index (χ0n) is 12.6. The van der Waals surface area contributed by atoms with E-state index in [1.807, 2.05) is 20.8 Å². The van der Waals surface area contributed by atoms with E-state index < -0.39 is 5.60 Å². The van der Waals surface area contributed by atoms with Gasteiger partial charge in [-0.3, -0.25) is 0 Å². The predicted octanol–water partition coefficient (Wildman–Crippen LogP) is 2.82. The number of alkyl carbamates (subject to hydrolysis) is 1. The average Bonchev–Trinajstić information content (AvgIpc) is 2.11. The van der Waals surface area contributed by atoms with Gasteiger partial charge in [0.2, 0.25) is 0 Å². The Morgan fingerprint density at radius 2 is 1.72 bits per heavy atom. The Labute approximate surface area is 111 Å². The minimum atomic E-state index is -0.421. The van der Waals surface area contributed by atoms with E-state index in [0.29, 0.717) is 6.04 Å². The molecule has 0 bridgehead atoms. The van der Waals surface area contributed by atoms with E-state index in [2.05, 4.69) is 31.4 Å². The van der Waals surface area contributed by atoms with Crippen LogP contribution >= 0.6 is 0 Å². The lowest BCUT2D eigenvalue weighted by atomic mass is 9.84. The van der Waals surface area contributed by atoms with Crippen molar-refractivity contribution in [1.82, 2.24) is 10.6 Å². The molecule has 1 amide bonds. The van der Waals surface area contributed by atoms with Crippen molar-refractivity contribution in [2.75, 3.05) is 0 Å². The molecule has 2 N–H and O–H groups in total. The maximum Gasteiger partial charge on any atom is 0.407 e. The number of hydrogen-bond donors (Lipinski definition) is 2. The van der Waals surface area contributed by atoms with Crippen LogP contribution in [0.25, 0.3) is 0 Å². The molecule has 4 heteroatoms. The fourth-order valence-corrected chi connectivity index (χ4v) is 1.98. The van der Waals surface area contributed by atoms with Crippen LogP contribution in [-0.2, 0) is 4.74 Å². The Kier molecular flexibility index (Phi) is 4.65. The van der Waals surface area contributed by atoms with Crippen molar-refractivity contribution in [3.05, 3.63) is 0 Å². The standard InChI is InChI=1S/C14H28N2O2/c1-7-14(5,6)16-11-8-10(9-11)15-12(17)18-13(2,3)4/h10-11,16H,7-9H2,1-6H3,(H,15,17). The molecule has 0 aromatic heterocycles. The summed E-state index contributed by atoms with van der Waals surface area (Å²) in [5.74, 6) is 0. The minimum Gasteiger partial charge on any atom is -0.444 e. The molecular weight excluding hydrogens is 228 g/mol. The lowest BCUT2D eigenvalue weighted by molar-refractivity contribution is 0.0458. The van der Waals surface area contributed by atoms with E-state index in [9.17, 15) is 4.79 Å². The SMILES string of the molecule is CCC(C)(C)NC1CC(NC(=O)OC(C)(C)C)C1. The van der Waals surface area contributed by atoms with Crippen molar-refractivity contribution in [3.8, 4) is 0 Å². The quantitative estimate of drug-likeness (QED) is 0.813. The van der Waals surface area contributed by atoms with Crippen molar-refractivity contribution in [2.24, 2.45) is 0 Å². The predicted molar refractivity (Wildman–Crippen MR) is 73.7 cm³/mol. The van der Waals surface area contributed by atoms with Crippen molar-refractivity contribution in [1.29, 1.82) is 0 Å². The zero-order chi connectivity index (χ0) is 14.0. The van der Waals surface area contributed by atoms with Crippen molar-refractivity contribution >= 4 is 6.09 Å². The molecule has 106 valence electrons. The number of ether oxygens (including phenoxy) is 1. The highest BCUT2D eigenvalue weighted by Crippen LogP contribution is 2.24. The molecule has 18 heavy (non-hydrogen) atoms. The summed E-state index contributed by atoms with van der Waals surface area (Å²) < 4.78 is 5.23. The minimum absolute atomic E-state index is 0.182. The molecule has 0 heterocycles. The molecule has 0 radical (unpaired) electrons. The summed E-state index contributed by atoms with van der Waals surface area (Å²) in [6, 6.07) is 0.768. The van der Waals surface area contributed by atoms with Crippen LogP contribution in [-0.4, -0.2) is 29.3 Å². The van der Waals surface area contributed by atoms with Crippen LogP contribution in [0.2, 0.25) is 0 Å². The van der Waals surface area contributed by atoms with Crippen LogP contribution in [0.1, 0.15) is 60.8 Å². The summed E-state index contributed by atoms with van der Waals surface area (Å²) in [7, 11) is 0. The zero-order valence-corrected chi connectivity index (χ0v) is 12.6. The van der Waals surface area contributed by atoms with Gasteiger partial charge in [0, 0.05) is 17.6 Å². The monoisotopic (exact) mass is 256 g/mol. The average molecular weight is 256 g/mol. The summed E-state index contributed by atoms with van der Waals surface area (Å²) in [6.45, 7) is 12.2. The summed E-state index contributed by atoms with van der Waals surface area (Å²) in [5.41, 5.74) is -0.239. The molecule has 1 aliphatic carbocycles. The first kappa shape index (κ1) is 15.3. The van der Waals surface area contributed by atoms with Crippen LogP contribution in [0.4, 0.5) is 4.79 Å². The molecule has 1 fully saturated rings. The molecule has 0 spiro atoms. The number of rotatable bonds is 4. The lowest BCUT2D eigenvalue weighted by Crippen LogP contribution is -2.57. The van der Waals surface area contributed by atoms with E-state index in [-0.39, 0.29) is 17.7 Å². The number of carbonyl (C=O) groups excluding carboxylic acids is 1. The number of amides is 1. The van der Waals surface area contributed by atoms with Gasteiger partial charge in [0.05, 0.1) is 0 Å². The van der Waals surface area contributed by atoms with E-state index >= 15 is 0 Å². The largest absolute Gasteiger partial charge is 0.444 e. The van der Waals surface area contributed by atoms with Gasteiger partial charge in [-0.2, -0.15) is 0 Å². The number of nitrogens with one attached hydrogen (secondary N) is 2. The molecule has 1 saturated carbocycles. The molecule has 0 unspecified atom stereocenters. The molecule has 4 nitrogen and oxygen atoms in total. The van der Waals surface area contributed by atoms with Crippen LogP contribution in [0.5, 0.6) is 0 Å². The van der Waals surface area contributed by atoms with Crippen LogP contribution < -0.4 is 10.6 Å². The third-order valence-corrected chi connectivity index (χ3v) is 3.34. The van der Waals surface area contributed by atoms with Gasteiger partial charge in [-0.1, -0.05) is 6.92 Å². The van der Waals surface area contributed by atoms with Gasteiger partial charge < -0.3 is 15.4 Å². The smallest absolute Gasteiger partial charge is 0.407 e. The first-order valence-electron chi connectivity index (χ1n) is 6.88. The Balaban J connectivity index is 2.21. The van der Waals surface area contributed by atoms with E-state index in [1.165, 1.54) is 0 Å².